The molecule has 0 saturated carbocycles. The van der Waals surface area contributed by atoms with E-state index in [0.717, 1.165) is 24.8 Å². The first-order valence-corrected chi connectivity index (χ1v) is 11.6. The molecule has 0 atom stereocenters. The minimum absolute atomic E-state index is 0.0454. The SMILES string of the molecule is CC1(C)OB(c2cnc(C(F)(F)F)nc2)OC1(C)C.COC(=O)c1cc(-c2cnc(C(F)(F)F)nc2)ncc1Cl. The Morgan fingerprint density at radius 1 is 0.825 bits per heavy atom. The standard InChI is InChI=1S/C12H7ClF3N3O2.C11H14BF3N2O2/c1-21-10(20)7-2-9(17-5-8(7)13)6-3-18-11(19-4-6)12(14,15)16;1-9(2)10(3,4)19-12(18-9)7-5-16-8(17-6-7)11(13,14)15/h2-5H,1H3;5-6H,1-4H3. The van der Waals surface area contributed by atoms with Crippen molar-refractivity contribution < 1.29 is 45.2 Å². The summed E-state index contributed by atoms with van der Waals surface area (Å²) in [7, 11) is 0.423. The van der Waals surface area contributed by atoms with Crippen LogP contribution in [-0.4, -0.2) is 56.3 Å². The molecule has 40 heavy (non-hydrogen) atoms. The number of aromatic nitrogens is 5. The van der Waals surface area contributed by atoms with Gasteiger partial charge in [-0.15, -0.1) is 0 Å². The van der Waals surface area contributed by atoms with E-state index < -0.39 is 48.3 Å². The normalized spacial score (nSPS) is 16.2. The minimum atomic E-state index is -4.62. The molecule has 4 rings (SSSR count). The lowest BCUT2D eigenvalue weighted by molar-refractivity contribution is -0.145. The van der Waals surface area contributed by atoms with E-state index >= 15 is 0 Å². The fraction of sp³-hybridized carbons (Fsp3) is 0.391. The second kappa shape index (κ2) is 11.3. The number of methoxy groups -OCH3 is 1. The smallest absolute Gasteiger partial charge is 0.465 e. The lowest BCUT2D eigenvalue weighted by atomic mass is 9.81. The van der Waals surface area contributed by atoms with Gasteiger partial charge in [-0.1, -0.05) is 11.6 Å². The number of alkyl halides is 6. The average molecular weight is 592 g/mol. The van der Waals surface area contributed by atoms with Gasteiger partial charge in [0.2, 0.25) is 11.6 Å². The largest absolute Gasteiger partial charge is 0.498 e. The summed E-state index contributed by atoms with van der Waals surface area (Å²) in [5.41, 5.74) is -0.283. The molecule has 0 radical (unpaired) electrons. The molecular weight excluding hydrogens is 571 g/mol. The molecule has 1 aliphatic heterocycles. The van der Waals surface area contributed by atoms with E-state index in [9.17, 15) is 31.1 Å². The first kappa shape index (κ1) is 31.2. The van der Waals surface area contributed by atoms with E-state index in [4.69, 9.17) is 20.9 Å². The molecule has 0 aliphatic carbocycles. The number of carbonyl (C=O) groups excluding carboxylic acids is 1. The zero-order valence-electron chi connectivity index (χ0n) is 21.6. The quantitative estimate of drug-likeness (QED) is 0.241. The third-order valence-electron chi connectivity index (χ3n) is 5.91. The topological polar surface area (TPSA) is 109 Å². The Balaban J connectivity index is 0.000000222. The highest BCUT2D eigenvalue weighted by Gasteiger charge is 2.52. The van der Waals surface area contributed by atoms with Gasteiger partial charge >= 0.3 is 25.4 Å². The van der Waals surface area contributed by atoms with E-state index in [0.29, 0.717) is 5.46 Å². The molecule has 214 valence electrons. The van der Waals surface area contributed by atoms with E-state index in [1.54, 1.807) is 0 Å². The Hall–Kier alpha value is -3.37. The number of carbonyl (C=O) groups is 1. The van der Waals surface area contributed by atoms with Crippen LogP contribution in [0.5, 0.6) is 0 Å². The summed E-state index contributed by atoms with van der Waals surface area (Å²) in [6.45, 7) is 7.44. The summed E-state index contributed by atoms with van der Waals surface area (Å²) < 4.78 is 90.1. The van der Waals surface area contributed by atoms with Crippen LogP contribution >= 0.6 is 11.6 Å². The van der Waals surface area contributed by atoms with Crippen molar-refractivity contribution in [2.75, 3.05) is 7.11 Å². The van der Waals surface area contributed by atoms with E-state index in [1.165, 1.54) is 19.4 Å². The minimum Gasteiger partial charge on any atom is -0.465 e. The van der Waals surface area contributed by atoms with Crippen molar-refractivity contribution in [2.45, 2.75) is 51.2 Å². The molecule has 1 aliphatic rings. The Bertz CT molecular complexity index is 1340. The van der Waals surface area contributed by atoms with Crippen molar-refractivity contribution in [3.63, 3.8) is 0 Å². The van der Waals surface area contributed by atoms with Crippen molar-refractivity contribution in [2.24, 2.45) is 0 Å². The van der Waals surface area contributed by atoms with E-state index in [-0.39, 0.29) is 21.8 Å². The second-order valence-electron chi connectivity index (χ2n) is 9.26. The Labute approximate surface area is 229 Å². The zero-order valence-corrected chi connectivity index (χ0v) is 22.3. The maximum atomic E-state index is 12.4. The van der Waals surface area contributed by atoms with Crippen LogP contribution < -0.4 is 5.46 Å². The number of pyridine rings is 1. The number of rotatable bonds is 3. The molecule has 0 unspecified atom stereocenters. The molecule has 0 spiro atoms. The van der Waals surface area contributed by atoms with Gasteiger partial charge in [-0.05, 0) is 33.8 Å². The first-order chi connectivity index (χ1) is 18.4. The number of ether oxygens (including phenoxy) is 1. The third-order valence-corrected chi connectivity index (χ3v) is 6.21. The first-order valence-electron chi connectivity index (χ1n) is 11.2. The molecule has 17 heteroatoms. The second-order valence-corrected chi connectivity index (χ2v) is 9.67. The van der Waals surface area contributed by atoms with Gasteiger partial charge in [0.25, 0.3) is 0 Å². The fourth-order valence-corrected chi connectivity index (χ4v) is 3.24. The van der Waals surface area contributed by atoms with Crippen LogP contribution in [0.25, 0.3) is 11.3 Å². The monoisotopic (exact) mass is 591 g/mol. The lowest BCUT2D eigenvalue weighted by Gasteiger charge is -2.32. The van der Waals surface area contributed by atoms with Gasteiger partial charge in [-0.3, -0.25) is 4.98 Å². The summed E-state index contributed by atoms with van der Waals surface area (Å²) in [6.07, 6.45) is -3.88. The van der Waals surface area contributed by atoms with E-state index in [2.05, 4.69) is 29.7 Å². The van der Waals surface area contributed by atoms with Gasteiger partial charge in [-0.2, -0.15) is 26.3 Å². The predicted octanol–water partition coefficient (Wildman–Crippen LogP) is 4.79. The summed E-state index contributed by atoms with van der Waals surface area (Å²) in [4.78, 5) is 28.4. The molecule has 1 fully saturated rings. The van der Waals surface area contributed by atoms with Crippen LogP contribution in [0.1, 0.15) is 49.7 Å². The van der Waals surface area contributed by atoms with Crippen molar-refractivity contribution in [3.05, 3.63) is 59.3 Å². The van der Waals surface area contributed by atoms with Gasteiger partial charge in [0.1, 0.15) is 0 Å². The van der Waals surface area contributed by atoms with Gasteiger partial charge in [0.15, 0.2) is 0 Å². The number of hydrogen-bond acceptors (Lipinski definition) is 9. The number of nitrogens with zero attached hydrogens (tertiary/aromatic N) is 5. The molecular formula is C23H21BClF6N5O4. The number of hydrogen-bond donors (Lipinski definition) is 0. The predicted molar refractivity (Wildman–Crippen MR) is 129 cm³/mol. The molecule has 3 aromatic rings. The maximum absolute atomic E-state index is 12.4. The van der Waals surface area contributed by atoms with Crippen molar-refractivity contribution in [1.82, 2.24) is 24.9 Å². The van der Waals surface area contributed by atoms with Gasteiger partial charge in [0.05, 0.1) is 34.6 Å². The highest BCUT2D eigenvalue weighted by Crippen LogP contribution is 2.36. The van der Waals surface area contributed by atoms with Crippen molar-refractivity contribution in [1.29, 1.82) is 0 Å². The van der Waals surface area contributed by atoms with Crippen LogP contribution in [-0.2, 0) is 26.4 Å². The maximum Gasteiger partial charge on any atom is 0.498 e. The molecule has 3 aromatic heterocycles. The molecule has 0 aromatic carbocycles. The third kappa shape index (κ3) is 7.03. The molecule has 0 N–H and O–H groups in total. The van der Waals surface area contributed by atoms with Gasteiger partial charge in [-0.25, -0.2) is 24.7 Å². The highest BCUT2D eigenvalue weighted by molar-refractivity contribution is 6.61. The molecule has 0 amide bonds. The highest BCUT2D eigenvalue weighted by atomic mass is 35.5. The molecule has 9 nitrogen and oxygen atoms in total. The van der Waals surface area contributed by atoms with Crippen LogP contribution in [0, 0.1) is 0 Å². The number of esters is 1. The summed E-state index contributed by atoms with van der Waals surface area (Å²) >= 11 is 5.80. The molecule has 0 bridgehead atoms. The van der Waals surface area contributed by atoms with Crippen LogP contribution in [0.4, 0.5) is 26.3 Å². The molecule has 1 saturated heterocycles. The van der Waals surface area contributed by atoms with E-state index in [1.807, 2.05) is 27.7 Å². The lowest BCUT2D eigenvalue weighted by Crippen LogP contribution is -2.41. The molecule has 4 heterocycles. The van der Waals surface area contributed by atoms with Gasteiger partial charge < -0.3 is 14.0 Å². The summed E-state index contributed by atoms with van der Waals surface area (Å²) in [6, 6.07) is 1.29. The Kier molecular flexibility index (Phi) is 8.77. The van der Waals surface area contributed by atoms with Gasteiger partial charge in [0, 0.05) is 42.0 Å². The Morgan fingerprint density at radius 3 is 1.70 bits per heavy atom. The average Bonchev–Trinajstić information content (AvgIpc) is 3.10. The van der Waals surface area contributed by atoms with Crippen molar-refractivity contribution >= 4 is 30.2 Å². The zero-order chi connectivity index (χ0) is 30.1. The van der Waals surface area contributed by atoms with Crippen LogP contribution in [0.3, 0.4) is 0 Å². The Morgan fingerprint density at radius 2 is 1.27 bits per heavy atom. The fourth-order valence-electron chi connectivity index (χ4n) is 3.05. The summed E-state index contributed by atoms with van der Waals surface area (Å²) in [5, 5.41) is 0.0680. The van der Waals surface area contributed by atoms with Crippen molar-refractivity contribution in [3.8, 4) is 11.3 Å². The van der Waals surface area contributed by atoms with Crippen LogP contribution in [0.2, 0.25) is 5.02 Å². The summed E-state index contributed by atoms with van der Waals surface area (Å²) in [5.74, 6) is -3.11. The number of halogens is 7. The van der Waals surface area contributed by atoms with Crippen LogP contribution in [0.15, 0.2) is 37.1 Å².